The number of thiophene rings is 1. The molecule has 1 aromatic carbocycles. The van der Waals surface area contributed by atoms with Gasteiger partial charge in [-0.25, -0.2) is 0 Å². The Kier molecular flexibility index (Phi) is 4.11. The van der Waals surface area contributed by atoms with Crippen molar-refractivity contribution in [2.45, 2.75) is 39.2 Å². The van der Waals surface area contributed by atoms with E-state index >= 15 is 0 Å². The number of aryl methyl sites for hydroxylation is 3. The third-order valence-electron chi connectivity index (χ3n) is 3.83. The van der Waals surface area contributed by atoms with Crippen molar-refractivity contribution in [3.8, 4) is 0 Å². The molecule has 1 atom stereocenters. The van der Waals surface area contributed by atoms with Crippen LogP contribution in [0.4, 0.5) is 5.69 Å². The molecule has 0 saturated carbocycles. The van der Waals surface area contributed by atoms with Crippen molar-refractivity contribution in [3.05, 3.63) is 48.6 Å². The van der Waals surface area contributed by atoms with Crippen LogP contribution < -0.4 is 5.32 Å². The molecule has 1 aliphatic rings. The van der Waals surface area contributed by atoms with Crippen LogP contribution in [0.1, 0.15) is 40.5 Å². The molecule has 1 nitrogen and oxygen atoms in total. The molecule has 1 unspecified atom stereocenters. The highest BCUT2D eigenvalue weighted by Crippen LogP contribution is 2.41. The maximum absolute atomic E-state index is 6.18. The van der Waals surface area contributed by atoms with Gasteiger partial charge in [-0.3, -0.25) is 0 Å². The highest BCUT2D eigenvalue weighted by atomic mass is 79.9. The van der Waals surface area contributed by atoms with Crippen molar-refractivity contribution in [1.29, 1.82) is 0 Å². The number of halogens is 2. The summed E-state index contributed by atoms with van der Waals surface area (Å²) >= 11 is 11.6. The second-order valence-corrected chi connectivity index (χ2v) is 8.08. The van der Waals surface area contributed by atoms with Gasteiger partial charge in [0.25, 0.3) is 0 Å². The second kappa shape index (κ2) is 5.70. The van der Waals surface area contributed by atoms with E-state index in [0.29, 0.717) is 6.04 Å². The monoisotopic (exact) mass is 369 g/mol. The van der Waals surface area contributed by atoms with E-state index < -0.39 is 0 Å². The smallest absolute Gasteiger partial charge is 0.0934 e. The molecule has 3 rings (SSSR count). The van der Waals surface area contributed by atoms with Crippen LogP contribution >= 0.6 is 38.9 Å². The quantitative estimate of drug-likeness (QED) is 0.657. The van der Waals surface area contributed by atoms with Crippen LogP contribution in [0.25, 0.3) is 0 Å². The molecule has 106 valence electrons. The first-order valence-corrected chi connectivity index (χ1v) is 8.84. The summed E-state index contributed by atoms with van der Waals surface area (Å²) in [6.07, 6.45) is 3.56. The molecular weight excluding hydrogens is 354 g/mol. The Morgan fingerprint density at radius 1 is 1.30 bits per heavy atom. The molecule has 1 heterocycles. The second-order valence-electron chi connectivity index (χ2n) is 5.46. The van der Waals surface area contributed by atoms with Crippen molar-refractivity contribution in [1.82, 2.24) is 0 Å². The van der Waals surface area contributed by atoms with Crippen LogP contribution in [0.15, 0.2) is 22.7 Å². The van der Waals surface area contributed by atoms with Crippen LogP contribution in [0.3, 0.4) is 0 Å². The molecule has 0 bridgehead atoms. The molecular formula is C16H17BrClNS. The highest BCUT2D eigenvalue weighted by Gasteiger charge is 2.23. The Labute approximate surface area is 137 Å². The lowest BCUT2D eigenvalue weighted by Gasteiger charge is -2.26. The van der Waals surface area contributed by atoms with E-state index in [1.54, 1.807) is 11.3 Å². The lowest BCUT2D eigenvalue weighted by atomic mass is 9.93. The van der Waals surface area contributed by atoms with Crippen LogP contribution in [-0.4, -0.2) is 0 Å². The van der Waals surface area contributed by atoms with Gasteiger partial charge in [0.05, 0.1) is 16.1 Å². The number of hydrogen-bond acceptors (Lipinski definition) is 2. The predicted molar refractivity (Wildman–Crippen MR) is 92.2 cm³/mol. The number of rotatable bonds is 2. The van der Waals surface area contributed by atoms with Crippen LogP contribution in [0.2, 0.25) is 4.34 Å². The largest absolute Gasteiger partial charge is 0.377 e. The fourth-order valence-electron chi connectivity index (χ4n) is 2.94. The Balaban J connectivity index is 1.93. The first-order valence-electron chi connectivity index (χ1n) is 6.86. The lowest BCUT2D eigenvalue weighted by molar-refractivity contribution is 0.608. The van der Waals surface area contributed by atoms with Crippen LogP contribution in [-0.2, 0) is 6.42 Å². The van der Waals surface area contributed by atoms with Crippen molar-refractivity contribution < 1.29 is 0 Å². The highest BCUT2D eigenvalue weighted by molar-refractivity contribution is 9.10. The van der Waals surface area contributed by atoms with E-state index in [-0.39, 0.29) is 0 Å². The molecule has 0 fully saturated rings. The minimum absolute atomic E-state index is 0.375. The first kappa shape index (κ1) is 14.4. The van der Waals surface area contributed by atoms with Crippen LogP contribution in [0.5, 0.6) is 0 Å². The number of nitrogens with one attached hydrogen (secondary N) is 1. The van der Waals surface area contributed by atoms with Gasteiger partial charge in [-0.15, -0.1) is 11.3 Å². The molecule has 0 aliphatic heterocycles. The predicted octanol–water partition coefficient (Wildman–Crippen LogP) is 6.27. The van der Waals surface area contributed by atoms with Crippen LogP contribution in [0, 0.1) is 13.8 Å². The molecule has 1 N–H and O–H groups in total. The average molecular weight is 371 g/mol. The Morgan fingerprint density at radius 3 is 2.85 bits per heavy atom. The minimum Gasteiger partial charge on any atom is -0.377 e. The van der Waals surface area contributed by atoms with Crippen molar-refractivity contribution in [3.63, 3.8) is 0 Å². The topological polar surface area (TPSA) is 12.0 Å². The molecule has 1 aliphatic carbocycles. The summed E-state index contributed by atoms with van der Waals surface area (Å²) in [6.45, 7) is 4.28. The number of anilines is 1. The first-order chi connectivity index (χ1) is 9.54. The van der Waals surface area contributed by atoms with Gasteiger partial charge in [0, 0.05) is 9.35 Å². The average Bonchev–Trinajstić information content (AvgIpc) is 2.74. The molecule has 0 spiro atoms. The summed E-state index contributed by atoms with van der Waals surface area (Å²) in [5.74, 6) is 0. The van der Waals surface area contributed by atoms with E-state index in [4.69, 9.17) is 11.6 Å². The summed E-state index contributed by atoms with van der Waals surface area (Å²) < 4.78 is 2.05. The molecule has 1 aromatic heterocycles. The van der Waals surface area contributed by atoms with Gasteiger partial charge in [-0.05, 0) is 77.9 Å². The van der Waals surface area contributed by atoms with Crippen molar-refractivity contribution >= 4 is 44.6 Å². The van der Waals surface area contributed by atoms with E-state index in [1.807, 2.05) is 0 Å². The fourth-order valence-corrected chi connectivity index (χ4v) is 5.12. The minimum atomic E-state index is 0.375. The number of fused-ring (bicyclic) bond motifs is 1. The van der Waals surface area contributed by atoms with Gasteiger partial charge < -0.3 is 5.32 Å². The van der Waals surface area contributed by atoms with Gasteiger partial charge in [-0.1, -0.05) is 17.7 Å². The number of benzene rings is 1. The Hall–Kier alpha value is -0.510. The van der Waals surface area contributed by atoms with Crippen molar-refractivity contribution in [2.75, 3.05) is 5.32 Å². The van der Waals surface area contributed by atoms with Gasteiger partial charge in [0.1, 0.15) is 0 Å². The standard InChI is InChI=1S/C16H17BrClNS/c1-9-6-10(2)16(12(17)7-9)19-13-4-3-5-14-11(13)8-15(18)20-14/h6-8,13,19H,3-5H2,1-2H3. The number of hydrogen-bond donors (Lipinski definition) is 1. The zero-order valence-electron chi connectivity index (χ0n) is 11.6. The zero-order valence-corrected chi connectivity index (χ0v) is 14.8. The molecule has 0 amide bonds. The van der Waals surface area contributed by atoms with Gasteiger partial charge in [0.2, 0.25) is 0 Å². The summed E-state index contributed by atoms with van der Waals surface area (Å²) in [7, 11) is 0. The van der Waals surface area contributed by atoms with E-state index in [9.17, 15) is 0 Å². The van der Waals surface area contributed by atoms with E-state index in [2.05, 4.69) is 53.3 Å². The fraction of sp³-hybridized carbons (Fsp3) is 0.375. The van der Waals surface area contributed by atoms with Gasteiger partial charge in [-0.2, -0.15) is 0 Å². The zero-order chi connectivity index (χ0) is 14.3. The SMILES string of the molecule is Cc1cc(C)c(NC2CCCc3sc(Cl)cc32)c(Br)c1. The molecule has 0 saturated heterocycles. The summed E-state index contributed by atoms with van der Waals surface area (Å²) in [6, 6.07) is 6.90. The Morgan fingerprint density at radius 2 is 2.10 bits per heavy atom. The van der Waals surface area contributed by atoms with E-state index in [1.165, 1.54) is 46.5 Å². The molecule has 4 heteroatoms. The third-order valence-corrected chi connectivity index (χ3v) is 5.80. The Bertz CT molecular complexity index is 627. The summed E-state index contributed by atoms with van der Waals surface area (Å²) in [4.78, 5) is 1.44. The van der Waals surface area contributed by atoms with Crippen molar-refractivity contribution in [2.24, 2.45) is 0 Å². The lowest BCUT2D eigenvalue weighted by Crippen LogP contribution is -2.16. The maximum Gasteiger partial charge on any atom is 0.0934 e. The third kappa shape index (κ3) is 2.76. The molecule has 0 radical (unpaired) electrons. The summed E-state index contributed by atoms with van der Waals surface area (Å²) in [5, 5.41) is 3.72. The summed E-state index contributed by atoms with van der Waals surface area (Å²) in [5.41, 5.74) is 5.15. The molecule has 20 heavy (non-hydrogen) atoms. The maximum atomic E-state index is 6.18. The van der Waals surface area contributed by atoms with Gasteiger partial charge in [0.15, 0.2) is 0 Å². The van der Waals surface area contributed by atoms with E-state index in [0.717, 1.165) is 8.81 Å². The normalized spacial score (nSPS) is 17.9. The van der Waals surface area contributed by atoms with Gasteiger partial charge >= 0.3 is 0 Å². The molecule has 2 aromatic rings.